The van der Waals surface area contributed by atoms with Gasteiger partial charge in [0.1, 0.15) is 28.7 Å². The average Bonchev–Trinajstić information content (AvgIpc) is 3.32. The summed E-state index contributed by atoms with van der Waals surface area (Å²) in [4.78, 5) is 31.8. The minimum atomic E-state index is -0.704. The molecular formula is C25H24FN7O3. The van der Waals surface area contributed by atoms with Gasteiger partial charge in [-0.1, -0.05) is 13.8 Å². The maximum Gasteiger partial charge on any atom is 0.269 e. The van der Waals surface area contributed by atoms with Crippen LogP contribution in [0.3, 0.4) is 0 Å². The Morgan fingerprint density at radius 1 is 1.14 bits per heavy atom. The van der Waals surface area contributed by atoms with Crippen LogP contribution in [0.5, 0.6) is 11.5 Å². The number of carbonyl (C=O) groups excluding carboxylic acids is 2. The average molecular weight is 490 g/mol. The number of halogens is 1. The molecule has 4 aromatic rings. The van der Waals surface area contributed by atoms with Crippen LogP contribution in [0.15, 0.2) is 67.1 Å². The third-order valence-electron chi connectivity index (χ3n) is 5.16. The SMILES string of the molecule is CNC(=O)c1cc(Oc2ccc(N(C=O)Nc3cc(C(C)C)nn3-c3cccnc3)c(F)c2)ccn1. The van der Waals surface area contributed by atoms with E-state index in [1.165, 1.54) is 31.4 Å². The topological polar surface area (TPSA) is 114 Å². The van der Waals surface area contributed by atoms with Crippen LogP contribution >= 0.6 is 0 Å². The van der Waals surface area contributed by atoms with E-state index < -0.39 is 5.82 Å². The zero-order valence-corrected chi connectivity index (χ0v) is 19.8. The van der Waals surface area contributed by atoms with Crippen molar-refractivity contribution in [1.29, 1.82) is 0 Å². The van der Waals surface area contributed by atoms with E-state index in [2.05, 4.69) is 25.8 Å². The van der Waals surface area contributed by atoms with Crippen LogP contribution < -0.4 is 20.5 Å². The number of nitrogens with zero attached hydrogens (tertiary/aromatic N) is 5. The largest absolute Gasteiger partial charge is 0.457 e. The number of hydrogen-bond acceptors (Lipinski definition) is 7. The first-order valence-corrected chi connectivity index (χ1v) is 11.1. The molecule has 2 N–H and O–H groups in total. The molecule has 0 aliphatic rings. The summed E-state index contributed by atoms with van der Waals surface area (Å²) >= 11 is 0. The van der Waals surface area contributed by atoms with Gasteiger partial charge in [0.25, 0.3) is 5.91 Å². The van der Waals surface area contributed by atoms with Gasteiger partial charge < -0.3 is 10.1 Å². The molecule has 10 nitrogen and oxygen atoms in total. The normalized spacial score (nSPS) is 10.7. The van der Waals surface area contributed by atoms with E-state index in [0.29, 0.717) is 23.7 Å². The number of anilines is 2. The fraction of sp³-hybridized carbons (Fsp3) is 0.160. The highest BCUT2D eigenvalue weighted by Gasteiger charge is 2.18. The van der Waals surface area contributed by atoms with Crippen LogP contribution in [0.25, 0.3) is 5.69 Å². The zero-order valence-electron chi connectivity index (χ0n) is 19.8. The molecule has 0 spiro atoms. The summed E-state index contributed by atoms with van der Waals surface area (Å²) in [6.07, 6.45) is 5.16. The molecule has 2 amide bonds. The maximum absolute atomic E-state index is 15.1. The van der Waals surface area contributed by atoms with Crippen LogP contribution in [0.1, 0.15) is 35.9 Å². The van der Waals surface area contributed by atoms with Crippen LogP contribution in [0, 0.1) is 5.82 Å². The minimum Gasteiger partial charge on any atom is -0.457 e. The Balaban J connectivity index is 1.59. The molecule has 0 unspecified atom stereocenters. The molecule has 0 saturated carbocycles. The van der Waals surface area contributed by atoms with E-state index in [-0.39, 0.29) is 29.0 Å². The van der Waals surface area contributed by atoms with Gasteiger partial charge in [0.2, 0.25) is 6.41 Å². The number of nitrogens with one attached hydrogen (secondary N) is 2. The molecule has 0 saturated heterocycles. The van der Waals surface area contributed by atoms with Crippen molar-refractivity contribution in [2.24, 2.45) is 0 Å². The number of aromatic nitrogens is 4. The van der Waals surface area contributed by atoms with Crippen molar-refractivity contribution in [2.45, 2.75) is 19.8 Å². The summed E-state index contributed by atoms with van der Waals surface area (Å²) < 4.78 is 22.4. The lowest BCUT2D eigenvalue weighted by molar-refractivity contribution is -0.107. The third-order valence-corrected chi connectivity index (χ3v) is 5.16. The molecule has 0 fully saturated rings. The molecule has 0 radical (unpaired) electrons. The molecule has 36 heavy (non-hydrogen) atoms. The zero-order chi connectivity index (χ0) is 25.7. The highest BCUT2D eigenvalue weighted by molar-refractivity contribution is 5.92. The molecule has 11 heteroatoms. The number of hydrazine groups is 1. The van der Waals surface area contributed by atoms with Gasteiger partial charge in [0.05, 0.1) is 17.6 Å². The second-order valence-corrected chi connectivity index (χ2v) is 7.99. The maximum atomic E-state index is 15.1. The van der Waals surface area contributed by atoms with Gasteiger partial charge in [-0.25, -0.2) is 14.1 Å². The van der Waals surface area contributed by atoms with Gasteiger partial charge in [-0.3, -0.25) is 25.0 Å². The van der Waals surface area contributed by atoms with Gasteiger partial charge >= 0.3 is 0 Å². The van der Waals surface area contributed by atoms with Crippen molar-refractivity contribution in [1.82, 2.24) is 25.1 Å². The second-order valence-electron chi connectivity index (χ2n) is 7.99. The molecule has 0 aliphatic carbocycles. The lowest BCUT2D eigenvalue weighted by Gasteiger charge is -2.21. The third kappa shape index (κ3) is 5.30. The number of ether oxygens (including phenoxy) is 1. The van der Waals surface area contributed by atoms with Crippen molar-refractivity contribution in [3.8, 4) is 17.2 Å². The molecule has 3 heterocycles. The Hall–Kier alpha value is -4.80. The van der Waals surface area contributed by atoms with E-state index in [0.717, 1.165) is 16.8 Å². The van der Waals surface area contributed by atoms with Gasteiger partial charge in [0, 0.05) is 37.6 Å². The van der Waals surface area contributed by atoms with Crippen LogP contribution in [-0.4, -0.2) is 39.1 Å². The Kier molecular flexibility index (Phi) is 7.19. The number of carbonyl (C=O) groups is 2. The molecule has 3 aromatic heterocycles. The van der Waals surface area contributed by atoms with E-state index in [9.17, 15) is 9.59 Å². The van der Waals surface area contributed by atoms with Gasteiger partial charge in [-0.05, 0) is 36.2 Å². The fourth-order valence-corrected chi connectivity index (χ4v) is 3.31. The van der Waals surface area contributed by atoms with Gasteiger partial charge in [-0.15, -0.1) is 0 Å². The number of hydrogen-bond donors (Lipinski definition) is 2. The fourth-order valence-electron chi connectivity index (χ4n) is 3.31. The van der Waals surface area contributed by atoms with E-state index >= 15 is 4.39 Å². The Bertz CT molecular complexity index is 1380. The van der Waals surface area contributed by atoms with Crippen LogP contribution in [0.4, 0.5) is 15.9 Å². The molecule has 0 aliphatic heterocycles. The molecule has 4 rings (SSSR count). The quantitative estimate of drug-likeness (QED) is 0.269. The molecular weight excluding hydrogens is 465 g/mol. The predicted octanol–water partition coefficient (Wildman–Crippen LogP) is 4.07. The number of amides is 2. The van der Waals surface area contributed by atoms with Crippen molar-refractivity contribution in [3.63, 3.8) is 0 Å². The smallest absolute Gasteiger partial charge is 0.269 e. The second kappa shape index (κ2) is 10.6. The summed E-state index contributed by atoms with van der Waals surface area (Å²) in [7, 11) is 1.49. The van der Waals surface area contributed by atoms with Gasteiger partial charge in [-0.2, -0.15) is 5.10 Å². The molecule has 184 valence electrons. The summed E-state index contributed by atoms with van der Waals surface area (Å²) in [5.74, 6) is -0.0122. The van der Waals surface area contributed by atoms with Crippen LogP contribution in [0.2, 0.25) is 0 Å². The van der Waals surface area contributed by atoms with E-state index in [1.54, 1.807) is 35.3 Å². The first-order chi connectivity index (χ1) is 17.4. The molecule has 0 bridgehead atoms. The summed E-state index contributed by atoms with van der Waals surface area (Å²) in [6, 6.07) is 12.4. The minimum absolute atomic E-state index is 0.0249. The first-order valence-electron chi connectivity index (χ1n) is 11.1. The van der Waals surface area contributed by atoms with Crippen molar-refractivity contribution >= 4 is 23.8 Å². The van der Waals surface area contributed by atoms with Crippen molar-refractivity contribution < 1.29 is 18.7 Å². The number of benzene rings is 1. The first kappa shape index (κ1) is 24.3. The summed E-state index contributed by atoms with van der Waals surface area (Å²) in [6.45, 7) is 3.99. The highest BCUT2D eigenvalue weighted by Crippen LogP contribution is 2.29. The summed E-state index contributed by atoms with van der Waals surface area (Å²) in [5, 5.41) is 8.09. The lowest BCUT2D eigenvalue weighted by Crippen LogP contribution is -2.30. The Morgan fingerprint density at radius 3 is 2.61 bits per heavy atom. The Labute approximate surface area is 206 Å². The van der Waals surface area contributed by atoms with Crippen molar-refractivity contribution in [2.75, 3.05) is 17.5 Å². The summed E-state index contributed by atoms with van der Waals surface area (Å²) in [5.41, 5.74) is 4.52. The lowest BCUT2D eigenvalue weighted by atomic mass is 10.1. The molecule has 1 aromatic carbocycles. The van der Waals surface area contributed by atoms with E-state index in [4.69, 9.17) is 4.74 Å². The monoisotopic (exact) mass is 489 g/mol. The van der Waals surface area contributed by atoms with E-state index in [1.807, 2.05) is 19.9 Å². The molecule has 0 atom stereocenters. The predicted molar refractivity (Wildman–Crippen MR) is 132 cm³/mol. The van der Waals surface area contributed by atoms with Crippen LogP contribution in [-0.2, 0) is 4.79 Å². The highest BCUT2D eigenvalue weighted by atomic mass is 19.1. The standard InChI is InChI=1S/C25H24FN7O3/c1-16(2)21-13-24(33(30-21)17-5-4-9-28-14-17)31-32(15-34)23-7-6-18(11-20(23)26)36-19-8-10-29-22(12-19)25(35)27-3/h4-16,31H,1-3H3,(H,27,35). The Morgan fingerprint density at radius 2 is 1.94 bits per heavy atom. The van der Waals surface area contributed by atoms with Crippen molar-refractivity contribution in [3.05, 3.63) is 84.3 Å². The number of rotatable bonds is 9. The van der Waals surface area contributed by atoms with Gasteiger partial charge in [0.15, 0.2) is 5.82 Å². The number of pyridine rings is 2.